The van der Waals surface area contributed by atoms with Crippen molar-refractivity contribution in [3.63, 3.8) is 0 Å². The van der Waals surface area contributed by atoms with E-state index in [4.69, 9.17) is 16.3 Å². The van der Waals surface area contributed by atoms with E-state index < -0.39 is 10.0 Å². The fourth-order valence-corrected chi connectivity index (χ4v) is 4.09. The standard InChI is InChI=1S/C14H21ClN2O3S/c1-3-16-7-9-17(10-8-16)21(18,19)12-5-6-13(15)14(11-12)20-4-2/h5-6,11H,3-4,7-10H2,1-2H3/p+1. The summed E-state index contributed by atoms with van der Waals surface area (Å²) in [4.78, 5) is 1.68. The number of nitrogens with one attached hydrogen (secondary N) is 1. The first-order chi connectivity index (χ1) is 9.98. The molecule has 1 aliphatic rings. The van der Waals surface area contributed by atoms with E-state index in [9.17, 15) is 8.42 Å². The van der Waals surface area contributed by atoms with Crippen molar-refractivity contribution >= 4 is 21.6 Å². The number of rotatable bonds is 5. The normalized spacial score (nSPS) is 17.9. The minimum absolute atomic E-state index is 0.246. The molecule has 0 aliphatic carbocycles. The SMILES string of the molecule is CCOc1cc(S(=O)(=O)N2CC[NH+](CC)CC2)ccc1Cl. The molecule has 1 N–H and O–H groups in total. The number of hydrogen-bond donors (Lipinski definition) is 1. The van der Waals surface area contributed by atoms with Crippen LogP contribution in [0.25, 0.3) is 0 Å². The minimum Gasteiger partial charge on any atom is -0.492 e. The molecule has 1 fully saturated rings. The molecule has 0 aromatic heterocycles. The number of quaternary nitrogens is 1. The summed E-state index contributed by atoms with van der Waals surface area (Å²) in [5, 5.41) is 0.427. The van der Waals surface area contributed by atoms with Gasteiger partial charge in [0.2, 0.25) is 10.0 Å². The maximum Gasteiger partial charge on any atom is 0.243 e. The Morgan fingerprint density at radius 3 is 2.52 bits per heavy atom. The predicted octanol–water partition coefficient (Wildman–Crippen LogP) is 0.648. The van der Waals surface area contributed by atoms with E-state index in [1.807, 2.05) is 6.92 Å². The lowest BCUT2D eigenvalue weighted by atomic mass is 10.3. The van der Waals surface area contributed by atoms with E-state index in [1.54, 1.807) is 16.4 Å². The molecule has 1 aromatic carbocycles. The Bertz CT molecular complexity index is 584. The smallest absolute Gasteiger partial charge is 0.243 e. The second kappa shape index (κ2) is 6.96. The zero-order valence-electron chi connectivity index (χ0n) is 12.4. The highest BCUT2D eigenvalue weighted by Gasteiger charge is 2.30. The molecule has 5 nitrogen and oxygen atoms in total. The lowest BCUT2D eigenvalue weighted by Crippen LogP contribution is -3.14. The van der Waals surface area contributed by atoms with Gasteiger partial charge in [0.05, 0.1) is 49.2 Å². The van der Waals surface area contributed by atoms with Gasteiger partial charge in [0, 0.05) is 6.07 Å². The number of sulfonamides is 1. The van der Waals surface area contributed by atoms with Crippen molar-refractivity contribution in [1.29, 1.82) is 0 Å². The third kappa shape index (κ3) is 3.69. The monoisotopic (exact) mass is 333 g/mol. The van der Waals surface area contributed by atoms with Crippen molar-refractivity contribution in [2.45, 2.75) is 18.7 Å². The molecule has 2 rings (SSSR count). The Balaban J connectivity index is 2.22. The van der Waals surface area contributed by atoms with Crippen LogP contribution in [-0.2, 0) is 10.0 Å². The Labute approximate surface area is 131 Å². The van der Waals surface area contributed by atoms with E-state index in [0.717, 1.165) is 19.6 Å². The Hall–Kier alpha value is -0.820. The molecule has 0 spiro atoms. The fourth-order valence-electron chi connectivity index (χ4n) is 2.46. The third-order valence-corrected chi connectivity index (χ3v) is 5.98. The summed E-state index contributed by atoms with van der Waals surface area (Å²) in [6.07, 6.45) is 0. The van der Waals surface area contributed by atoms with Gasteiger partial charge in [-0.15, -0.1) is 0 Å². The van der Waals surface area contributed by atoms with Crippen LogP contribution in [0.2, 0.25) is 5.02 Å². The van der Waals surface area contributed by atoms with E-state index in [1.165, 1.54) is 11.0 Å². The van der Waals surface area contributed by atoms with Gasteiger partial charge in [0.1, 0.15) is 5.75 Å². The van der Waals surface area contributed by atoms with Gasteiger partial charge in [0.25, 0.3) is 0 Å². The summed E-state index contributed by atoms with van der Waals surface area (Å²) in [6, 6.07) is 4.63. The van der Waals surface area contributed by atoms with Crippen molar-refractivity contribution in [1.82, 2.24) is 4.31 Å². The van der Waals surface area contributed by atoms with Crippen LogP contribution >= 0.6 is 11.6 Å². The van der Waals surface area contributed by atoms with Crippen LogP contribution < -0.4 is 9.64 Å². The minimum atomic E-state index is -3.47. The van der Waals surface area contributed by atoms with Gasteiger partial charge < -0.3 is 9.64 Å². The largest absolute Gasteiger partial charge is 0.492 e. The van der Waals surface area contributed by atoms with Crippen LogP contribution in [0.5, 0.6) is 5.75 Å². The third-order valence-electron chi connectivity index (χ3n) is 3.77. The van der Waals surface area contributed by atoms with Gasteiger partial charge in [-0.2, -0.15) is 4.31 Å². The van der Waals surface area contributed by atoms with Gasteiger partial charge in [-0.05, 0) is 26.0 Å². The van der Waals surface area contributed by atoms with E-state index >= 15 is 0 Å². The molecular formula is C14H22ClN2O3S+. The lowest BCUT2D eigenvalue weighted by Gasteiger charge is -2.30. The molecule has 1 heterocycles. The number of likely N-dealkylation sites (N-methyl/N-ethyl adjacent to an activating group) is 1. The zero-order chi connectivity index (χ0) is 15.5. The van der Waals surface area contributed by atoms with E-state index in [0.29, 0.717) is 30.5 Å². The molecule has 118 valence electrons. The predicted molar refractivity (Wildman–Crippen MR) is 82.6 cm³/mol. The topological polar surface area (TPSA) is 51.1 Å². The van der Waals surface area contributed by atoms with Crippen molar-refractivity contribution in [3.8, 4) is 5.75 Å². The second-order valence-electron chi connectivity index (χ2n) is 5.03. The summed E-state index contributed by atoms with van der Waals surface area (Å²) >= 11 is 6.01. The van der Waals surface area contributed by atoms with Crippen LogP contribution in [0.3, 0.4) is 0 Å². The molecule has 0 bridgehead atoms. The van der Waals surface area contributed by atoms with Crippen LogP contribution in [0.1, 0.15) is 13.8 Å². The molecule has 1 saturated heterocycles. The van der Waals surface area contributed by atoms with Gasteiger partial charge in [-0.1, -0.05) is 11.6 Å². The Morgan fingerprint density at radius 1 is 1.29 bits per heavy atom. The highest BCUT2D eigenvalue weighted by Crippen LogP contribution is 2.28. The summed E-state index contributed by atoms with van der Waals surface area (Å²) in [5.41, 5.74) is 0. The van der Waals surface area contributed by atoms with Crippen molar-refractivity contribution in [3.05, 3.63) is 23.2 Å². The molecule has 1 aromatic rings. The maximum absolute atomic E-state index is 12.7. The van der Waals surface area contributed by atoms with Crippen LogP contribution in [-0.4, -0.2) is 52.1 Å². The quantitative estimate of drug-likeness (QED) is 0.860. The summed E-state index contributed by atoms with van der Waals surface area (Å²) in [6.45, 7) is 8.24. The summed E-state index contributed by atoms with van der Waals surface area (Å²) in [7, 11) is -3.47. The zero-order valence-corrected chi connectivity index (χ0v) is 14.0. The molecular weight excluding hydrogens is 312 g/mol. The molecule has 1 aliphatic heterocycles. The number of piperazine rings is 1. The molecule has 0 radical (unpaired) electrons. The lowest BCUT2D eigenvalue weighted by molar-refractivity contribution is -0.901. The van der Waals surface area contributed by atoms with Gasteiger partial charge in [0.15, 0.2) is 0 Å². The van der Waals surface area contributed by atoms with Gasteiger partial charge in [-0.3, -0.25) is 0 Å². The Kier molecular flexibility index (Phi) is 5.48. The first-order valence-electron chi connectivity index (χ1n) is 7.25. The molecule has 0 atom stereocenters. The second-order valence-corrected chi connectivity index (χ2v) is 7.38. The van der Waals surface area contributed by atoms with Crippen LogP contribution in [0.15, 0.2) is 23.1 Å². The Morgan fingerprint density at radius 2 is 1.95 bits per heavy atom. The maximum atomic E-state index is 12.7. The molecule has 0 amide bonds. The number of benzene rings is 1. The number of nitrogens with zero attached hydrogens (tertiary/aromatic N) is 1. The summed E-state index contributed by atoms with van der Waals surface area (Å²) in [5.74, 6) is 0.415. The van der Waals surface area contributed by atoms with Gasteiger partial charge in [-0.25, -0.2) is 8.42 Å². The van der Waals surface area contributed by atoms with E-state index in [-0.39, 0.29) is 4.90 Å². The highest BCUT2D eigenvalue weighted by molar-refractivity contribution is 7.89. The van der Waals surface area contributed by atoms with Crippen LogP contribution in [0.4, 0.5) is 0 Å². The van der Waals surface area contributed by atoms with Crippen molar-refractivity contribution in [2.24, 2.45) is 0 Å². The average molecular weight is 334 g/mol. The highest BCUT2D eigenvalue weighted by atomic mass is 35.5. The molecule has 0 saturated carbocycles. The number of ether oxygens (including phenoxy) is 1. The fraction of sp³-hybridized carbons (Fsp3) is 0.571. The number of hydrogen-bond acceptors (Lipinski definition) is 3. The first-order valence-corrected chi connectivity index (χ1v) is 9.07. The van der Waals surface area contributed by atoms with Gasteiger partial charge >= 0.3 is 0 Å². The summed E-state index contributed by atoms with van der Waals surface area (Å²) < 4.78 is 32.3. The van der Waals surface area contributed by atoms with Crippen molar-refractivity contribution < 1.29 is 18.1 Å². The molecule has 0 unspecified atom stereocenters. The molecule has 7 heteroatoms. The first kappa shape index (κ1) is 16.5. The average Bonchev–Trinajstić information content (AvgIpc) is 2.49. The van der Waals surface area contributed by atoms with E-state index in [2.05, 4.69) is 6.92 Å². The van der Waals surface area contributed by atoms with Crippen molar-refractivity contribution in [2.75, 3.05) is 39.3 Å². The molecule has 21 heavy (non-hydrogen) atoms. The number of halogens is 1. The van der Waals surface area contributed by atoms with Crippen LogP contribution in [0, 0.1) is 0 Å².